The predicted octanol–water partition coefficient (Wildman–Crippen LogP) is 4.54. The highest BCUT2D eigenvalue weighted by Crippen LogP contribution is 2.26. The topological polar surface area (TPSA) is 146 Å². The van der Waals surface area contributed by atoms with Crippen LogP contribution < -0.4 is 10.6 Å². The molecule has 43 heavy (non-hydrogen) atoms. The van der Waals surface area contributed by atoms with E-state index in [4.69, 9.17) is 53.8 Å². The van der Waals surface area contributed by atoms with Gasteiger partial charge in [0.2, 0.25) is 9.70 Å². The summed E-state index contributed by atoms with van der Waals surface area (Å²) in [7, 11) is 0. The second kappa shape index (κ2) is 16.9. The molecule has 234 valence electrons. The molecule has 0 heterocycles. The molecule has 0 unspecified atom stereocenters. The van der Waals surface area contributed by atoms with Gasteiger partial charge in [0.1, 0.15) is 37.5 Å². The van der Waals surface area contributed by atoms with E-state index in [0.29, 0.717) is 11.1 Å². The van der Waals surface area contributed by atoms with Crippen LogP contribution in [-0.4, -0.2) is 58.0 Å². The van der Waals surface area contributed by atoms with Crippen LogP contribution in [-0.2, 0) is 51.3 Å². The number of halogens is 3. The molecule has 2 aromatic carbocycles. The molecule has 0 spiro atoms. The second-order valence-corrected chi connectivity index (χ2v) is 12.7. The normalized spacial score (nSPS) is 12.7. The maximum atomic E-state index is 13.1. The number of alkyl carbamates (subject to hydrolysis) is 1. The first-order valence-corrected chi connectivity index (χ1v) is 14.2. The van der Waals surface area contributed by atoms with Crippen molar-refractivity contribution in [1.82, 2.24) is 10.6 Å². The number of carbonyl (C=O) groups is 5. The van der Waals surface area contributed by atoms with E-state index in [-0.39, 0.29) is 13.2 Å². The fourth-order valence-electron chi connectivity index (χ4n) is 3.32. The highest BCUT2D eigenvalue weighted by molar-refractivity contribution is 6.67. The third-order valence-corrected chi connectivity index (χ3v) is 5.53. The molecular weight excluding hydrogens is 627 g/mol. The van der Waals surface area contributed by atoms with Crippen LogP contribution in [0, 0.1) is 0 Å². The largest absolute Gasteiger partial charge is 0.461 e. The molecule has 2 amide bonds. The van der Waals surface area contributed by atoms with Gasteiger partial charge in [-0.15, -0.1) is 0 Å². The fourth-order valence-corrected chi connectivity index (χ4v) is 3.49. The van der Waals surface area contributed by atoms with Crippen molar-refractivity contribution in [3.05, 3.63) is 71.8 Å². The molecule has 0 bridgehead atoms. The number of hydrogen-bond donors (Lipinski definition) is 2. The number of benzene rings is 2. The predicted molar refractivity (Wildman–Crippen MR) is 158 cm³/mol. The Morgan fingerprint density at radius 3 is 1.60 bits per heavy atom. The summed E-state index contributed by atoms with van der Waals surface area (Å²) in [4.78, 5) is 63.7. The van der Waals surface area contributed by atoms with Crippen LogP contribution in [0.25, 0.3) is 0 Å². The summed E-state index contributed by atoms with van der Waals surface area (Å²) in [6.07, 6.45) is -2.32. The molecular formula is C29H33Cl3N2O9. The lowest BCUT2D eigenvalue weighted by Gasteiger charge is -2.23. The SMILES string of the molecule is CC(C)(C)OC(=O)N[C@@H](CC(=O)N[C@@H](CC(=O)OCC(Cl)(Cl)Cl)C(=O)OCc1ccccc1)C(=O)OCc1ccccc1. The summed E-state index contributed by atoms with van der Waals surface area (Å²) in [6.45, 7) is 3.98. The minimum atomic E-state index is -1.90. The Morgan fingerprint density at radius 2 is 1.16 bits per heavy atom. The lowest BCUT2D eigenvalue weighted by atomic mass is 10.1. The molecule has 0 aromatic heterocycles. The molecule has 11 nitrogen and oxygen atoms in total. The standard InChI is InChI=1S/C29H33Cl3N2O9/c1-28(2,3)43-27(39)34-21(25(37)40-16-19-10-6-4-7-11-19)14-23(35)33-22(15-24(36)42-18-29(30,31)32)26(38)41-17-20-12-8-5-9-13-20/h4-13,21-22H,14-18H2,1-3H3,(H,33,35)(H,34,39)/t21-,22-/m0/s1. The zero-order valence-corrected chi connectivity index (χ0v) is 26.0. The zero-order chi connectivity index (χ0) is 32.0. The lowest BCUT2D eigenvalue weighted by Crippen LogP contribution is -2.49. The molecule has 2 N–H and O–H groups in total. The van der Waals surface area contributed by atoms with E-state index in [0.717, 1.165) is 0 Å². The van der Waals surface area contributed by atoms with Gasteiger partial charge in [-0.1, -0.05) is 95.5 Å². The van der Waals surface area contributed by atoms with Crippen molar-refractivity contribution in [3.63, 3.8) is 0 Å². The van der Waals surface area contributed by atoms with E-state index in [2.05, 4.69) is 10.6 Å². The molecule has 2 atom stereocenters. The first-order chi connectivity index (χ1) is 20.1. The molecule has 0 aliphatic carbocycles. The number of esters is 3. The summed E-state index contributed by atoms with van der Waals surface area (Å²) in [5.41, 5.74) is 0.430. The van der Waals surface area contributed by atoms with Gasteiger partial charge in [-0.2, -0.15) is 0 Å². The third-order valence-electron chi connectivity index (χ3n) is 5.20. The molecule has 2 rings (SSSR count). The van der Waals surface area contributed by atoms with Crippen LogP contribution in [0.4, 0.5) is 4.79 Å². The number of nitrogens with one attached hydrogen (secondary N) is 2. The number of ether oxygens (including phenoxy) is 4. The molecule has 0 saturated heterocycles. The molecule has 0 aliphatic rings. The Kier molecular flexibility index (Phi) is 14.0. The Balaban J connectivity index is 2.15. The maximum absolute atomic E-state index is 13.1. The van der Waals surface area contributed by atoms with Crippen molar-refractivity contribution in [3.8, 4) is 0 Å². The van der Waals surface area contributed by atoms with Gasteiger partial charge < -0.3 is 29.6 Å². The summed E-state index contributed by atoms with van der Waals surface area (Å²) >= 11 is 16.8. The van der Waals surface area contributed by atoms with Crippen molar-refractivity contribution in [2.24, 2.45) is 0 Å². The average Bonchev–Trinajstić information content (AvgIpc) is 2.92. The van der Waals surface area contributed by atoms with Crippen LogP contribution >= 0.6 is 34.8 Å². The van der Waals surface area contributed by atoms with Crippen LogP contribution in [0.3, 0.4) is 0 Å². The second-order valence-electron chi connectivity index (χ2n) is 10.2. The van der Waals surface area contributed by atoms with Gasteiger partial charge in [-0.3, -0.25) is 9.59 Å². The highest BCUT2D eigenvalue weighted by atomic mass is 35.6. The van der Waals surface area contributed by atoms with Gasteiger partial charge in [-0.05, 0) is 31.9 Å². The summed E-state index contributed by atoms with van der Waals surface area (Å²) in [6, 6.07) is 14.4. The third kappa shape index (κ3) is 15.5. The van der Waals surface area contributed by atoms with Crippen molar-refractivity contribution in [1.29, 1.82) is 0 Å². The number of alkyl halides is 3. The van der Waals surface area contributed by atoms with E-state index < -0.39 is 70.8 Å². The van der Waals surface area contributed by atoms with Crippen molar-refractivity contribution >= 4 is 64.7 Å². The zero-order valence-electron chi connectivity index (χ0n) is 23.8. The van der Waals surface area contributed by atoms with Crippen LogP contribution in [0.15, 0.2) is 60.7 Å². The molecule has 14 heteroatoms. The van der Waals surface area contributed by atoms with E-state index in [1.165, 1.54) is 0 Å². The number of amides is 2. The Bertz CT molecular complexity index is 1230. The first kappa shape index (κ1) is 35.7. The highest BCUT2D eigenvalue weighted by Gasteiger charge is 2.32. The maximum Gasteiger partial charge on any atom is 0.408 e. The Labute approximate surface area is 264 Å². The quantitative estimate of drug-likeness (QED) is 0.180. The minimum absolute atomic E-state index is 0.128. The Morgan fingerprint density at radius 1 is 0.698 bits per heavy atom. The van der Waals surface area contributed by atoms with Crippen molar-refractivity contribution in [2.45, 2.75) is 68.3 Å². The van der Waals surface area contributed by atoms with E-state index in [9.17, 15) is 24.0 Å². The first-order valence-electron chi connectivity index (χ1n) is 13.0. The summed E-state index contributed by atoms with van der Waals surface area (Å²) < 4.78 is 18.8. The van der Waals surface area contributed by atoms with Gasteiger partial charge in [0.25, 0.3) is 0 Å². The smallest absolute Gasteiger partial charge is 0.408 e. The summed E-state index contributed by atoms with van der Waals surface area (Å²) in [5.74, 6) is -3.77. The number of carbonyl (C=O) groups excluding carboxylic acids is 5. The van der Waals surface area contributed by atoms with Gasteiger partial charge >= 0.3 is 24.0 Å². The lowest BCUT2D eigenvalue weighted by molar-refractivity contribution is -0.155. The fraction of sp³-hybridized carbons (Fsp3) is 0.414. The molecule has 2 aromatic rings. The number of hydrogen-bond acceptors (Lipinski definition) is 9. The van der Waals surface area contributed by atoms with Crippen LogP contribution in [0.2, 0.25) is 0 Å². The van der Waals surface area contributed by atoms with Gasteiger partial charge in [0.05, 0.1) is 12.8 Å². The van der Waals surface area contributed by atoms with Crippen LogP contribution in [0.1, 0.15) is 44.7 Å². The molecule has 0 aliphatic heterocycles. The average molecular weight is 660 g/mol. The molecule has 0 fully saturated rings. The van der Waals surface area contributed by atoms with Crippen molar-refractivity contribution < 1.29 is 42.9 Å². The Hall–Kier alpha value is -3.54. The van der Waals surface area contributed by atoms with E-state index >= 15 is 0 Å². The number of rotatable bonds is 13. The minimum Gasteiger partial charge on any atom is -0.461 e. The van der Waals surface area contributed by atoms with E-state index in [1.807, 2.05) is 0 Å². The van der Waals surface area contributed by atoms with Crippen LogP contribution in [0.5, 0.6) is 0 Å². The van der Waals surface area contributed by atoms with E-state index in [1.54, 1.807) is 81.4 Å². The monoisotopic (exact) mass is 658 g/mol. The van der Waals surface area contributed by atoms with Gasteiger partial charge in [-0.25, -0.2) is 14.4 Å². The van der Waals surface area contributed by atoms with Gasteiger partial charge in [0, 0.05) is 0 Å². The van der Waals surface area contributed by atoms with Gasteiger partial charge in [0.15, 0.2) is 0 Å². The molecule has 0 saturated carbocycles. The van der Waals surface area contributed by atoms with Crippen molar-refractivity contribution in [2.75, 3.05) is 6.61 Å². The molecule has 0 radical (unpaired) electrons. The summed E-state index contributed by atoms with van der Waals surface area (Å²) in [5, 5.41) is 4.67.